The third-order valence-electron chi connectivity index (χ3n) is 2.57. The third kappa shape index (κ3) is 1.27. The molecule has 1 aliphatic rings. The van der Waals surface area contributed by atoms with E-state index in [1.54, 1.807) is 7.11 Å². The summed E-state index contributed by atoms with van der Waals surface area (Å²) in [5, 5.41) is 1.93. The van der Waals surface area contributed by atoms with Gasteiger partial charge in [-0.25, -0.2) is 0 Å². The minimum Gasteiger partial charge on any atom is -0.496 e. The van der Waals surface area contributed by atoms with Crippen LogP contribution in [0.4, 0.5) is 0 Å². The van der Waals surface area contributed by atoms with Crippen molar-refractivity contribution in [3.8, 4) is 5.75 Å². The summed E-state index contributed by atoms with van der Waals surface area (Å²) in [6, 6.07) is 0. The van der Waals surface area contributed by atoms with Crippen LogP contribution in [-0.2, 0) is 6.42 Å². The Morgan fingerprint density at radius 2 is 2.38 bits per heavy atom. The maximum atomic E-state index is 11.7. The molecule has 0 spiro atoms. The number of carbonyl (C=O) groups excluding carboxylic acids is 1. The molecule has 1 aliphatic carbocycles. The Morgan fingerprint density at radius 1 is 1.62 bits per heavy atom. The number of Topliss-reactive ketones (excluding diaryl/α,β-unsaturated/α-hetero) is 1. The van der Waals surface area contributed by atoms with Crippen molar-refractivity contribution in [2.75, 3.05) is 7.11 Å². The van der Waals surface area contributed by atoms with Gasteiger partial charge in [0.25, 0.3) is 0 Å². The molecule has 0 amide bonds. The number of methoxy groups -OCH3 is 1. The molecular weight excluding hydrogens is 184 g/mol. The Kier molecular flexibility index (Phi) is 2.12. The van der Waals surface area contributed by atoms with E-state index in [1.807, 2.05) is 12.3 Å². The normalized spacial score (nSPS) is 21.4. The molecule has 0 aromatic carbocycles. The van der Waals surface area contributed by atoms with E-state index in [9.17, 15) is 4.79 Å². The zero-order chi connectivity index (χ0) is 9.42. The van der Waals surface area contributed by atoms with Crippen LogP contribution in [0.15, 0.2) is 5.38 Å². The van der Waals surface area contributed by atoms with E-state index in [2.05, 4.69) is 0 Å². The molecule has 1 aromatic rings. The second-order valence-electron chi connectivity index (χ2n) is 3.42. The lowest BCUT2D eigenvalue weighted by molar-refractivity contribution is 0.0918. The third-order valence-corrected chi connectivity index (χ3v) is 3.59. The lowest BCUT2D eigenvalue weighted by Gasteiger charge is -2.17. The maximum absolute atomic E-state index is 11.7. The van der Waals surface area contributed by atoms with Crippen LogP contribution in [0.1, 0.15) is 28.6 Å². The number of hydrogen-bond acceptors (Lipinski definition) is 3. The number of carbonyl (C=O) groups is 1. The van der Waals surface area contributed by atoms with Crippen molar-refractivity contribution in [3.05, 3.63) is 15.8 Å². The zero-order valence-corrected chi connectivity index (χ0v) is 8.61. The van der Waals surface area contributed by atoms with Crippen molar-refractivity contribution in [2.24, 2.45) is 5.92 Å². The van der Waals surface area contributed by atoms with Gasteiger partial charge in [-0.2, -0.15) is 0 Å². The van der Waals surface area contributed by atoms with Gasteiger partial charge in [-0.15, -0.1) is 11.3 Å². The van der Waals surface area contributed by atoms with Crippen molar-refractivity contribution < 1.29 is 9.53 Å². The molecule has 3 heteroatoms. The van der Waals surface area contributed by atoms with Crippen molar-refractivity contribution >= 4 is 17.1 Å². The van der Waals surface area contributed by atoms with Crippen molar-refractivity contribution in [2.45, 2.75) is 19.8 Å². The fourth-order valence-electron chi connectivity index (χ4n) is 1.70. The first kappa shape index (κ1) is 8.75. The number of ether oxygens (including phenoxy) is 1. The van der Waals surface area contributed by atoms with E-state index in [0.717, 1.165) is 29.0 Å². The second-order valence-corrected chi connectivity index (χ2v) is 4.30. The van der Waals surface area contributed by atoms with Gasteiger partial charge in [0.1, 0.15) is 5.75 Å². The van der Waals surface area contributed by atoms with E-state index in [-0.39, 0.29) is 11.7 Å². The Bertz CT molecular complexity index is 341. The predicted octanol–water partition coefficient (Wildman–Crippen LogP) is 2.52. The summed E-state index contributed by atoms with van der Waals surface area (Å²) in [4.78, 5) is 12.6. The van der Waals surface area contributed by atoms with Gasteiger partial charge >= 0.3 is 0 Å². The summed E-state index contributed by atoms with van der Waals surface area (Å²) in [5.74, 6) is 1.37. The largest absolute Gasteiger partial charge is 0.496 e. The van der Waals surface area contributed by atoms with Gasteiger partial charge in [-0.3, -0.25) is 4.79 Å². The molecule has 0 aliphatic heterocycles. The number of fused-ring (bicyclic) bond motifs is 1. The highest BCUT2D eigenvalue weighted by atomic mass is 32.1. The highest BCUT2D eigenvalue weighted by Gasteiger charge is 2.27. The van der Waals surface area contributed by atoms with Gasteiger partial charge in [0, 0.05) is 16.9 Å². The van der Waals surface area contributed by atoms with Crippen LogP contribution in [0.3, 0.4) is 0 Å². The molecule has 1 heterocycles. The smallest absolute Gasteiger partial charge is 0.176 e. The molecule has 0 saturated carbocycles. The minimum absolute atomic E-state index is 0.191. The van der Waals surface area contributed by atoms with Gasteiger partial charge in [-0.1, -0.05) is 6.92 Å². The summed E-state index contributed by atoms with van der Waals surface area (Å²) < 4.78 is 5.19. The molecule has 1 aromatic heterocycles. The number of thiophene rings is 1. The molecule has 13 heavy (non-hydrogen) atoms. The first-order valence-corrected chi connectivity index (χ1v) is 5.30. The van der Waals surface area contributed by atoms with E-state index < -0.39 is 0 Å². The molecule has 0 bridgehead atoms. The summed E-state index contributed by atoms with van der Waals surface area (Å²) >= 11 is 1.51. The zero-order valence-electron chi connectivity index (χ0n) is 7.79. The fourth-order valence-corrected chi connectivity index (χ4v) is 2.82. The Balaban J connectivity index is 2.45. The summed E-state index contributed by atoms with van der Waals surface area (Å²) in [6.45, 7) is 2.00. The van der Waals surface area contributed by atoms with Crippen molar-refractivity contribution in [1.29, 1.82) is 0 Å². The predicted molar refractivity (Wildman–Crippen MR) is 52.7 cm³/mol. The monoisotopic (exact) mass is 196 g/mol. The van der Waals surface area contributed by atoms with Gasteiger partial charge in [0.2, 0.25) is 0 Å². The van der Waals surface area contributed by atoms with E-state index >= 15 is 0 Å². The van der Waals surface area contributed by atoms with Crippen LogP contribution in [0.2, 0.25) is 0 Å². The highest BCUT2D eigenvalue weighted by molar-refractivity contribution is 7.12. The van der Waals surface area contributed by atoms with Crippen LogP contribution in [0, 0.1) is 5.92 Å². The van der Waals surface area contributed by atoms with Crippen LogP contribution in [0.25, 0.3) is 0 Å². The first-order chi connectivity index (χ1) is 6.24. The average molecular weight is 196 g/mol. The molecule has 0 radical (unpaired) electrons. The lowest BCUT2D eigenvalue weighted by atomic mass is 9.89. The Morgan fingerprint density at radius 3 is 3.08 bits per heavy atom. The van der Waals surface area contributed by atoms with Crippen molar-refractivity contribution in [3.63, 3.8) is 0 Å². The van der Waals surface area contributed by atoms with Gasteiger partial charge in [0.15, 0.2) is 5.78 Å². The standard InChI is InChI=1S/C10H12O2S/c1-6-3-4-7-8(12-2)5-13-10(7)9(6)11/h5-6H,3-4H2,1-2H3. The van der Waals surface area contributed by atoms with Crippen LogP contribution < -0.4 is 4.74 Å². The quantitative estimate of drug-likeness (QED) is 0.690. The lowest BCUT2D eigenvalue weighted by Crippen LogP contribution is -2.17. The fraction of sp³-hybridized carbons (Fsp3) is 0.500. The summed E-state index contributed by atoms with van der Waals surface area (Å²) in [5.41, 5.74) is 1.12. The summed E-state index contributed by atoms with van der Waals surface area (Å²) in [6.07, 6.45) is 1.94. The topological polar surface area (TPSA) is 26.3 Å². The molecule has 0 fully saturated rings. The Hall–Kier alpha value is -0.830. The van der Waals surface area contributed by atoms with E-state index in [4.69, 9.17) is 4.74 Å². The van der Waals surface area contributed by atoms with Gasteiger partial charge < -0.3 is 4.74 Å². The van der Waals surface area contributed by atoms with Gasteiger partial charge in [0.05, 0.1) is 12.0 Å². The molecule has 2 nitrogen and oxygen atoms in total. The summed E-state index contributed by atoms with van der Waals surface area (Å²) in [7, 11) is 1.66. The SMILES string of the molecule is COc1csc2c1CCC(C)C2=O. The second kappa shape index (κ2) is 3.14. The minimum atomic E-state index is 0.191. The average Bonchev–Trinajstić information content (AvgIpc) is 2.55. The first-order valence-electron chi connectivity index (χ1n) is 4.42. The van der Waals surface area contributed by atoms with Gasteiger partial charge in [-0.05, 0) is 12.8 Å². The number of hydrogen-bond donors (Lipinski definition) is 0. The molecule has 2 rings (SSSR count). The van der Waals surface area contributed by atoms with Crippen LogP contribution >= 0.6 is 11.3 Å². The van der Waals surface area contributed by atoms with E-state index in [0.29, 0.717) is 0 Å². The molecular formula is C10H12O2S. The molecule has 1 atom stereocenters. The molecule has 0 saturated heterocycles. The van der Waals surface area contributed by atoms with Crippen molar-refractivity contribution in [1.82, 2.24) is 0 Å². The maximum Gasteiger partial charge on any atom is 0.176 e. The number of ketones is 1. The van der Waals surface area contributed by atoms with Crippen LogP contribution in [0.5, 0.6) is 5.75 Å². The van der Waals surface area contributed by atoms with Crippen LogP contribution in [-0.4, -0.2) is 12.9 Å². The molecule has 1 unspecified atom stereocenters. The highest BCUT2D eigenvalue weighted by Crippen LogP contribution is 2.36. The molecule has 70 valence electrons. The molecule has 0 N–H and O–H groups in total. The Labute approximate surface area is 81.5 Å². The number of rotatable bonds is 1. The van der Waals surface area contributed by atoms with E-state index in [1.165, 1.54) is 11.3 Å².